The van der Waals surface area contributed by atoms with E-state index in [1.807, 2.05) is 19.1 Å². The van der Waals surface area contributed by atoms with E-state index in [4.69, 9.17) is 5.26 Å². The number of fused-ring (bicyclic) bond motifs is 1. The molecule has 0 spiro atoms. The van der Waals surface area contributed by atoms with Crippen molar-refractivity contribution in [3.05, 3.63) is 48.0 Å². The number of likely N-dealkylation sites (tertiary alicyclic amines) is 2. The fourth-order valence-electron chi connectivity index (χ4n) is 4.00. The molecule has 0 bridgehead atoms. The number of amides is 2. The van der Waals surface area contributed by atoms with Crippen molar-refractivity contribution in [1.29, 1.82) is 5.26 Å². The first-order valence-electron chi connectivity index (χ1n) is 9.00. The molecule has 0 aliphatic carbocycles. The van der Waals surface area contributed by atoms with Gasteiger partial charge in [0.2, 0.25) is 0 Å². The predicted octanol–water partition coefficient (Wildman–Crippen LogP) is 3.22. The van der Waals surface area contributed by atoms with Gasteiger partial charge < -0.3 is 15.1 Å². The van der Waals surface area contributed by atoms with Crippen LogP contribution in [0.15, 0.2) is 36.5 Å². The third-order valence-electron chi connectivity index (χ3n) is 5.39. The van der Waals surface area contributed by atoms with Crippen molar-refractivity contribution in [2.45, 2.75) is 19.4 Å². The van der Waals surface area contributed by atoms with Crippen LogP contribution in [-0.4, -0.2) is 46.5 Å². The van der Waals surface area contributed by atoms with Gasteiger partial charge in [-0.2, -0.15) is 5.26 Å². The summed E-state index contributed by atoms with van der Waals surface area (Å²) in [6, 6.07) is 8.21. The fourth-order valence-corrected chi connectivity index (χ4v) is 4.00. The zero-order valence-corrected chi connectivity index (χ0v) is 15.0. The highest BCUT2D eigenvalue weighted by Gasteiger charge is 2.43. The summed E-state index contributed by atoms with van der Waals surface area (Å²) >= 11 is 0. The topological polar surface area (TPSA) is 72.3 Å². The summed E-state index contributed by atoms with van der Waals surface area (Å²) in [7, 11) is 0. The minimum Gasteiger partial charge on any atom is -0.319 e. The number of aromatic nitrogens is 1. The van der Waals surface area contributed by atoms with Crippen LogP contribution in [0.1, 0.15) is 12.1 Å². The Hall–Kier alpha value is -3.14. The molecule has 7 heteroatoms. The first-order valence-corrected chi connectivity index (χ1v) is 9.00. The molecule has 1 aromatic carbocycles. The van der Waals surface area contributed by atoms with E-state index in [1.54, 1.807) is 28.1 Å². The maximum atomic E-state index is 14.6. The maximum absolute atomic E-state index is 14.6. The number of benzene rings is 1. The third-order valence-corrected chi connectivity index (χ3v) is 5.39. The summed E-state index contributed by atoms with van der Waals surface area (Å²) < 4.78 is 14.6. The van der Waals surface area contributed by atoms with E-state index in [9.17, 15) is 9.18 Å². The molecule has 2 aliphatic rings. The molecular formula is C20H20FN5O. The van der Waals surface area contributed by atoms with Crippen LogP contribution < -0.4 is 5.32 Å². The number of carbonyl (C=O) groups excluding carboxylic acids is 1. The molecule has 27 heavy (non-hydrogen) atoms. The van der Waals surface area contributed by atoms with Gasteiger partial charge in [-0.25, -0.2) is 9.18 Å². The number of rotatable bonds is 2. The first kappa shape index (κ1) is 17.3. The van der Waals surface area contributed by atoms with Gasteiger partial charge in [0.05, 0.1) is 11.7 Å². The molecule has 6 nitrogen and oxygen atoms in total. The molecule has 4 rings (SSSR count). The van der Waals surface area contributed by atoms with Gasteiger partial charge in [-0.3, -0.25) is 4.98 Å². The SMILES string of the molecule is Cc1cc(-c2ccc(NC(=O)N3CC[C@@H]4CN(C#N)C[C@@H]43)c(F)c2)ccn1. The number of nitriles is 1. The number of halogens is 1. The maximum Gasteiger partial charge on any atom is 0.322 e. The molecule has 0 saturated carbocycles. The molecule has 0 radical (unpaired) electrons. The lowest BCUT2D eigenvalue weighted by molar-refractivity contribution is 0.203. The van der Waals surface area contributed by atoms with E-state index in [0.29, 0.717) is 25.6 Å². The van der Waals surface area contributed by atoms with Crippen LogP contribution in [0, 0.1) is 30.1 Å². The minimum atomic E-state index is -0.476. The van der Waals surface area contributed by atoms with Crippen LogP contribution in [0.2, 0.25) is 0 Å². The van der Waals surface area contributed by atoms with Crippen LogP contribution >= 0.6 is 0 Å². The number of urea groups is 1. The molecular weight excluding hydrogens is 345 g/mol. The van der Waals surface area contributed by atoms with Gasteiger partial charge >= 0.3 is 6.03 Å². The number of hydrogen-bond acceptors (Lipinski definition) is 4. The molecule has 2 aromatic rings. The molecule has 138 valence electrons. The van der Waals surface area contributed by atoms with Gasteiger partial charge in [-0.05, 0) is 48.7 Å². The molecule has 2 amide bonds. The van der Waals surface area contributed by atoms with Crippen LogP contribution in [0.5, 0.6) is 0 Å². The van der Waals surface area contributed by atoms with Gasteiger partial charge in [-0.1, -0.05) is 6.07 Å². The Morgan fingerprint density at radius 1 is 1.30 bits per heavy atom. The Balaban J connectivity index is 1.48. The summed E-state index contributed by atoms with van der Waals surface area (Å²) in [5, 5.41) is 11.7. The second-order valence-corrected chi connectivity index (χ2v) is 7.13. The molecule has 2 atom stereocenters. The Labute approximate surface area is 157 Å². The van der Waals surface area contributed by atoms with Crippen molar-refractivity contribution in [2.24, 2.45) is 5.92 Å². The highest BCUT2D eigenvalue weighted by Crippen LogP contribution is 2.32. The van der Waals surface area contributed by atoms with Crippen LogP contribution in [0.3, 0.4) is 0 Å². The third kappa shape index (κ3) is 3.31. The van der Waals surface area contributed by atoms with Gasteiger partial charge in [-0.15, -0.1) is 0 Å². The van der Waals surface area contributed by atoms with E-state index in [-0.39, 0.29) is 17.8 Å². The van der Waals surface area contributed by atoms with E-state index in [2.05, 4.69) is 16.5 Å². The Kier molecular flexibility index (Phi) is 4.40. The predicted molar refractivity (Wildman–Crippen MR) is 99.2 cm³/mol. The molecule has 3 heterocycles. The molecule has 1 N–H and O–H groups in total. The Bertz CT molecular complexity index is 925. The van der Waals surface area contributed by atoms with Gasteiger partial charge in [0.1, 0.15) is 5.82 Å². The van der Waals surface area contributed by atoms with Crippen molar-refractivity contribution < 1.29 is 9.18 Å². The van der Waals surface area contributed by atoms with Crippen molar-refractivity contribution in [2.75, 3.05) is 25.0 Å². The monoisotopic (exact) mass is 365 g/mol. The molecule has 1 aromatic heterocycles. The van der Waals surface area contributed by atoms with Crippen LogP contribution in [0.25, 0.3) is 11.1 Å². The first-order chi connectivity index (χ1) is 13.0. The van der Waals surface area contributed by atoms with Gasteiger partial charge in [0, 0.05) is 37.4 Å². The van der Waals surface area contributed by atoms with Crippen molar-refractivity contribution in [3.63, 3.8) is 0 Å². The van der Waals surface area contributed by atoms with Crippen molar-refractivity contribution >= 4 is 11.7 Å². The second kappa shape index (κ2) is 6.88. The number of carbonyl (C=O) groups is 1. The second-order valence-electron chi connectivity index (χ2n) is 7.13. The number of pyridine rings is 1. The van der Waals surface area contributed by atoms with Crippen molar-refractivity contribution in [3.8, 4) is 17.3 Å². The van der Waals surface area contributed by atoms with Crippen molar-refractivity contribution in [1.82, 2.24) is 14.8 Å². The average molecular weight is 365 g/mol. The van der Waals surface area contributed by atoms with E-state index in [1.165, 1.54) is 6.07 Å². The van der Waals surface area contributed by atoms with Gasteiger partial charge in [0.25, 0.3) is 0 Å². The lowest BCUT2D eigenvalue weighted by Gasteiger charge is -2.24. The van der Waals surface area contributed by atoms with Gasteiger partial charge in [0.15, 0.2) is 6.19 Å². The Morgan fingerprint density at radius 2 is 2.11 bits per heavy atom. The average Bonchev–Trinajstić information content (AvgIpc) is 3.23. The quantitative estimate of drug-likeness (QED) is 0.830. The number of anilines is 1. The molecule has 2 aliphatic heterocycles. The largest absolute Gasteiger partial charge is 0.322 e. The number of hydrogen-bond donors (Lipinski definition) is 1. The molecule has 0 unspecified atom stereocenters. The highest BCUT2D eigenvalue weighted by molar-refractivity contribution is 5.90. The van der Waals surface area contributed by atoms with E-state index in [0.717, 1.165) is 23.2 Å². The normalized spacial score (nSPS) is 21.1. The molecule has 2 fully saturated rings. The van der Waals surface area contributed by atoms with Crippen LogP contribution in [0.4, 0.5) is 14.9 Å². The van der Waals surface area contributed by atoms with E-state index < -0.39 is 5.82 Å². The summed E-state index contributed by atoms with van der Waals surface area (Å²) in [6.07, 6.45) is 4.71. The zero-order valence-electron chi connectivity index (χ0n) is 15.0. The lowest BCUT2D eigenvalue weighted by atomic mass is 10.1. The summed E-state index contributed by atoms with van der Waals surface area (Å²) in [6.45, 7) is 3.77. The highest BCUT2D eigenvalue weighted by atomic mass is 19.1. The summed E-state index contributed by atoms with van der Waals surface area (Å²) in [5.74, 6) is -0.159. The fraction of sp³-hybridized carbons (Fsp3) is 0.350. The summed E-state index contributed by atoms with van der Waals surface area (Å²) in [4.78, 5) is 20.2. The number of nitrogens with zero attached hydrogens (tertiary/aromatic N) is 4. The standard InChI is InChI=1S/C20H20FN5O/c1-13-8-15(4-6-23-13)14-2-3-18(17(21)9-14)24-20(27)26-7-5-16-10-25(12-22)11-19(16)26/h2-4,6,8-9,16,19H,5,7,10-11H2,1H3,(H,24,27)/t16-,19+/m1/s1. The Morgan fingerprint density at radius 3 is 2.85 bits per heavy atom. The van der Waals surface area contributed by atoms with Crippen LogP contribution in [-0.2, 0) is 0 Å². The minimum absolute atomic E-state index is 0.0202. The summed E-state index contributed by atoms with van der Waals surface area (Å²) in [5.41, 5.74) is 2.63. The number of aryl methyl sites for hydroxylation is 1. The molecule has 2 saturated heterocycles. The number of nitrogens with one attached hydrogen (secondary N) is 1. The zero-order chi connectivity index (χ0) is 19.0. The van der Waals surface area contributed by atoms with E-state index >= 15 is 0 Å². The lowest BCUT2D eigenvalue weighted by Crippen LogP contribution is -2.41. The smallest absolute Gasteiger partial charge is 0.319 e.